The van der Waals surface area contributed by atoms with E-state index in [0.717, 1.165) is 0 Å². The van der Waals surface area contributed by atoms with Crippen molar-refractivity contribution in [2.45, 2.75) is 18.9 Å². The summed E-state index contributed by atoms with van der Waals surface area (Å²) in [6.45, 7) is 2.30. The summed E-state index contributed by atoms with van der Waals surface area (Å²) in [5.41, 5.74) is 0.493. The van der Waals surface area contributed by atoms with Crippen molar-refractivity contribution in [3.05, 3.63) is 28.3 Å². The minimum atomic E-state index is -3.37. The zero-order chi connectivity index (χ0) is 15.6. The number of aromatic hydroxyl groups is 1. The molecule has 1 aliphatic rings. The Morgan fingerprint density at radius 1 is 1.36 bits per heavy atom. The fourth-order valence-electron chi connectivity index (χ4n) is 2.69. The molecule has 1 aromatic carbocycles. The molecule has 0 unspecified atom stereocenters. The lowest BCUT2D eigenvalue weighted by molar-refractivity contribution is -0.119. The molecule has 0 aliphatic carbocycles. The van der Waals surface area contributed by atoms with Crippen LogP contribution in [0.1, 0.15) is 17.2 Å². The smallest absolute Gasteiger partial charge is 0.290 e. The molecular formula is C14H20Cl2F2N2O2. The number of phenols is 1. The van der Waals surface area contributed by atoms with Gasteiger partial charge in [-0.3, -0.25) is 4.90 Å². The average molecular weight is 357 g/mol. The van der Waals surface area contributed by atoms with Gasteiger partial charge in [-0.1, -0.05) is 11.6 Å². The highest BCUT2D eigenvalue weighted by molar-refractivity contribution is 6.30. The highest BCUT2D eigenvalue weighted by atomic mass is 35.5. The lowest BCUT2D eigenvalue weighted by Gasteiger charge is -2.39. The van der Waals surface area contributed by atoms with Crippen LogP contribution < -0.4 is 5.32 Å². The summed E-state index contributed by atoms with van der Waals surface area (Å²) in [4.78, 5) is 1.57. The molecule has 3 N–H and O–H groups in total. The van der Waals surface area contributed by atoms with Gasteiger partial charge in [-0.05, 0) is 24.6 Å². The van der Waals surface area contributed by atoms with Crippen LogP contribution in [-0.4, -0.2) is 53.8 Å². The number of alkyl halides is 2. The van der Waals surface area contributed by atoms with E-state index < -0.39 is 18.6 Å². The van der Waals surface area contributed by atoms with E-state index in [1.807, 2.05) is 0 Å². The van der Waals surface area contributed by atoms with E-state index in [1.54, 1.807) is 11.8 Å². The topological polar surface area (TPSA) is 55.7 Å². The molecule has 0 saturated carbocycles. The molecule has 126 valence electrons. The molecule has 8 heteroatoms. The van der Waals surface area contributed by atoms with E-state index in [2.05, 4.69) is 5.32 Å². The Hall–Kier alpha value is -0.660. The number of aliphatic hydroxyl groups is 1. The van der Waals surface area contributed by atoms with Crippen LogP contribution >= 0.6 is 24.0 Å². The Labute approximate surface area is 139 Å². The average Bonchev–Trinajstić information content (AvgIpc) is 2.45. The summed E-state index contributed by atoms with van der Waals surface area (Å²) in [7, 11) is 0. The van der Waals surface area contributed by atoms with Crippen LogP contribution in [0.25, 0.3) is 0 Å². The summed E-state index contributed by atoms with van der Waals surface area (Å²) in [5.74, 6) is -3.57. The first-order chi connectivity index (χ1) is 9.86. The van der Waals surface area contributed by atoms with Crippen molar-refractivity contribution in [3.8, 4) is 5.75 Å². The highest BCUT2D eigenvalue weighted by Crippen LogP contribution is 2.42. The fraction of sp³-hybridized carbons (Fsp3) is 0.571. The van der Waals surface area contributed by atoms with E-state index in [4.69, 9.17) is 16.7 Å². The Morgan fingerprint density at radius 2 is 1.95 bits per heavy atom. The second kappa shape index (κ2) is 7.75. The van der Waals surface area contributed by atoms with Crippen molar-refractivity contribution in [2.24, 2.45) is 0 Å². The molecule has 0 spiro atoms. The van der Waals surface area contributed by atoms with Crippen LogP contribution in [0.5, 0.6) is 5.75 Å². The summed E-state index contributed by atoms with van der Waals surface area (Å²) >= 11 is 5.95. The first-order valence-corrected chi connectivity index (χ1v) is 7.17. The lowest BCUT2D eigenvalue weighted by atomic mass is 9.95. The van der Waals surface area contributed by atoms with Gasteiger partial charge in [0.2, 0.25) is 0 Å². The van der Waals surface area contributed by atoms with E-state index >= 15 is 0 Å². The number of benzene rings is 1. The molecule has 0 amide bonds. The van der Waals surface area contributed by atoms with Gasteiger partial charge in [0.25, 0.3) is 5.92 Å². The van der Waals surface area contributed by atoms with Crippen molar-refractivity contribution in [1.82, 2.24) is 10.2 Å². The number of nitrogens with zero attached hydrogens (tertiary/aromatic N) is 1. The predicted octanol–water partition coefficient (Wildman–Crippen LogP) is 2.35. The van der Waals surface area contributed by atoms with Gasteiger partial charge in [-0.25, -0.2) is 8.78 Å². The van der Waals surface area contributed by atoms with Crippen molar-refractivity contribution in [3.63, 3.8) is 0 Å². The van der Waals surface area contributed by atoms with Crippen LogP contribution in [0.4, 0.5) is 8.78 Å². The van der Waals surface area contributed by atoms with Gasteiger partial charge in [-0.15, -0.1) is 12.4 Å². The van der Waals surface area contributed by atoms with Gasteiger partial charge in [0.05, 0.1) is 0 Å². The van der Waals surface area contributed by atoms with Crippen LogP contribution in [0.15, 0.2) is 12.1 Å². The normalized spacial score (nSPS) is 17.9. The molecule has 0 aromatic heterocycles. The van der Waals surface area contributed by atoms with Gasteiger partial charge in [0.15, 0.2) is 0 Å². The van der Waals surface area contributed by atoms with Crippen molar-refractivity contribution in [1.29, 1.82) is 0 Å². The molecule has 1 aromatic rings. The van der Waals surface area contributed by atoms with Crippen LogP contribution in [0.2, 0.25) is 5.02 Å². The summed E-state index contributed by atoms with van der Waals surface area (Å²) in [6, 6.07) is 1.47. The lowest BCUT2D eigenvalue weighted by Crippen LogP contribution is -2.51. The first kappa shape index (κ1) is 19.4. The summed E-state index contributed by atoms with van der Waals surface area (Å²) in [6.07, 6.45) is 0. The second-order valence-corrected chi connectivity index (χ2v) is 5.70. The monoisotopic (exact) mass is 356 g/mol. The third-order valence-corrected chi connectivity index (χ3v) is 3.94. The predicted molar refractivity (Wildman–Crippen MR) is 84.3 cm³/mol. The number of hydrogen-bond donors (Lipinski definition) is 3. The number of halogens is 4. The van der Waals surface area contributed by atoms with Gasteiger partial charge in [0.1, 0.15) is 18.4 Å². The van der Waals surface area contributed by atoms with E-state index in [-0.39, 0.29) is 28.7 Å². The quantitative estimate of drug-likeness (QED) is 0.775. The maximum absolute atomic E-state index is 14.3. The molecule has 4 nitrogen and oxygen atoms in total. The van der Waals surface area contributed by atoms with Crippen molar-refractivity contribution in [2.75, 3.05) is 32.8 Å². The maximum Gasteiger partial charge on any atom is 0.290 e. The van der Waals surface area contributed by atoms with Gasteiger partial charge in [0, 0.05) is 36.8 Å². The number of hydrogen-bond acceptors (Lipinski definition) is 4. The van der Waals surface area contributed by atoms with Crippen molar-refractivity contribution < 1.29 is 19.0 Å². The zero-order valence-corrected chi connectivity index (χ0v) is 13.7. The third kappa shape index (κ3) is 4.00. The minimum Gasteiger partial charge on any atom is -0.507 e. The van der Waals surface area contributed by atoms with Crippen LogP contribution in [0.3, 0.4) is 0 Å². The summed E-state index contributed by atoms with van der Waals surface area (Å²) in [5, 5.41) is 22.6. The zero-order valence-electron chi connectivity index (χ0n) is 12.2. The van der Waals surface area contributed by atoms with Gasteiger partial charge >= 0.3 is 0 Å². The molecule has 0 radical (unpaired) electrons. The summed E-state index contributed by atoms with van der Waals surface area (Å²) < 4.78 is 28.5. The second-order valence-electron chi connectivity index (χ2n) is 5.27. The van der Waals surface area contributed by atoms with Gasteiger partial charge < -0.3 is 15.5 Å². The van der Waals surface area contributed by atoms with Crippen LogP contribution in [-0.2, 0) is 0 Å². The Morgan fingerprint density at radius 3 is 2.50 bits per heavy atom. The molecule has 1 saturated heterocycles. The fourth-order valence-corrected chi connectivity index (χ4v) is 2.97. The Kier molecular flexibility index (Phi) is 6.83. The molecule has 0 bridgehead atoms. The Balaban J connectivity index is 0.00000242. The molecule has 1 atom stereocenters. The highest BCUT2D eigenvalue weighted by Gasteiger charge is 2.45. The van der Waals surface area contributed by atoms with E-state index in [9.17, 15) is 13.9 Å². The molecule has 2 rings (SSSR count). The van der Waals surface area contributed by atoms with Gasteiger partial charge in [-0.2, -0.15) is 0 Å². The minimum absolute atomic E-state index is 0. The number of phenolic OH excluding ortho intramolecular Hbond substituents is 1. The Bertz CT molecular complexity index is 512. The van der Waals surface area contributed by atoms with Crippen LogP contribution in [0, 0.1) is 6.92 Å². The molecule has 1 fully saturated rings. The number of aryl methyl sites for hydroxylation is 1. The van der Waals surface area contributed by atoms with E-state index in [0.29, 0.717) is 31.7 Å². The number of piperazine rings is 1. The molecule has 22 heavy (non-hydrogen) atoms. The third-order valence-electron chi connectivity index (χ3n) is 3.72. The molecular weight excluding hydrogens is 337 g/mol. The number of nitrogens with one attached hydrogen (secondary N) is 1. The maximum atomic E-state index is 14.3. The van der Waals surface area contributed by atoms with E-state index in [1.165, 1.54) is 12.1 Å². The first-order valence-electron chi connectivity index (χ1n) is 6.79. The standard InChI is InChI=1S/C14H19ClF2N2O2.ClH/c1-9-6-10(15)7-11(12(9)21)13(14(16,17)8-20)19-4-2-18-3-5-19;/h6-7,13,18,20-21H,2-5,8H2,1H3;1H/t13-;/m1./s1. The number of rotatable bonds is 4. The largest absolute Gasteiger partial charge is 0.507 e. The molecule has 1 heterocycles. The molecule has 1 aliphatic heterocycles. The number of aliphatic hydroxyl groups excluding tert-OH is 1. The van der Waals surface area contributed by atoms with Crippen molar-refractivity contribution >= 4 is 24.0 Å². The SMILES string of the molecule is Cc1cc(Cl)cc([C@@H](N2CCNCC2)C(F)(F)CO)c1O.Cl.